The lowest BCUT2D eigenvalue weighted by Crippen LogP contribution is -2.45. The Morgan fingerprint density at radius 3 is 2.57 bits per heavy atom. The van der Waals surface area contributed by atoms with E-state index in [4.69, 9.17) is 14.6 Å². The van der Waals surface area contributed by atoms with E-state index >= 15 is 0 Å². The summed E-state index contributed by atoms with van der Waals surface area (Å²) in [6, 6.07) is 8.09. The lowest BCUT2D eigenvalue weighted by atomic mass is 9.96. The Morgan fingerprint density at radius 1 is 1.29 bits per heavy atom. The number of carboxylic acids is 1. The molecule has 0 aliphatic heterocycles. The number of aliphatic carboxylic acids is 1. The highest BCUT2D eigenvalue weighted by molar-refractivity contribution is 5.80. The van der Waals surface area contributed by atoms with Crippen molar-refractivity contribution in [2.24, 2.45) is 0 Å². The summed E-state index contributed by atoms with van der Waals surface area (Å²) in [5.74, 6) is -1.13. The molecule has 6 heteroatoms. The predicted octanol–water partition coefficient (Wildman–Crippen LogP) is 1.94. The van der Waals surface area contributed by atoms with Gasteiger partial charge in [0.25, 0.3) is 0 Å². The number of nitrogens with one attached hydrogen (secondary N) is 1. The standard InChI is InChI=1S/C15H19NO5/c17-14(18)13(10-20-12-7-4-8-12)16-15(19)21-9-11-5-2-1-3-6-11/h1-3,5-6,12-13H,4,7-10H2,(H,16,19)(H,17,18). The molecule has 0 bridgehead atoms. The van der Waals surface area contributed by atoms with Crippen LogP contribution in [0.2, 0.25) is 0 Å². The van der Waals surface area contributed by atoms with Crippen LogP contribution < -0.4 is 5.32 Å². The van der Waals surface area contributed by atoms with Crippen LogP contribution in [0, 0.1) is 0 Å². The van der Waals surface area contributed by atoms with Gasteiger partial charge in [-0.25, -0.2) is 9.59 Å². The average Bonchev–Trinajstić information content (AvgIpc) is 2.43. The first kappa shape index (κ1) is 15.3. The van der Waals surface area contributed by atoms with Crippen molar-refractivity contribution in [2.45, 2.75) is 38.0 Å². The Labute approximate surface area is 123 Å². The second kappa shape index (κ2) is 7.64. The molecule has 2 N–H and O–H groups in total. The van der Waals surface area contributed by atoms with Gasteiger partial charge in [0.2, 0.25) is 0 Å². The van der Waals surface area contributed by atoms with E-state index in [1.165, 1.54) is 0 Å². The fourth-order valence-corrected chi connectivity index (χ4v) is 1.85. The van der Waals surface area contributed by atoms with Gasteiger partial charge in [0.15, 0.2) is 6.04 Å². The third kappa shape index (κ3) is 5.07. The quantitative estimate of drug-likeness (QED) is 0.802. The van der Waals surface area contributed by atoms with Crippen molar-refractivity contribution in [2.75, 3.05) is 6.61 Å². The van der Waals surface area contributed by atoms with E-state index in [2.05, 4.69) is 5.32 Å². The number of amides is 1. The molecule has 0 radical (unpaired) electrons. The fraction of sp³-hybridized carbons (Fsp3) is 0.467. The predicted molar refractivity (Wildman–Crippen MR) is 74.8 cm³/mol. The van der Waals surface area contributed by atoms with Crippen molar-refractivity contribution in [1.82, 2.24) is 5.32 Å². The molecule has 2 rings (SSSR count). The Morgan fingerprint density at radius 2 is 2.00 bits per heavy atom. The van der Waals surface area contributed by atoms with Crippen LogP contribution in [0.3, 0.4) is 0 Å². The summed E-state index contributed by atoms with van der Waals surface area (Å²) in [5, 5.41) is 11.4. The van der Waals surface area contributed by atoms with Gasteiger partial charge in [0.1, 0.15) is 6.61 Å². The minimum Gasteiger partial charge on any atom is -0.480 e. The van der Waals surface area contributed by atoms with Crippen LogP contribution in [0.1, 0.15) is 24.8 Å². The number of carboxylic acid groups (broad SMARTS) is 1. The van der Waals surface area contributed by atoms with Gasteiger partial charge < -0.3 is 19.9 Å². The summed E-state index contributed by atoms with van der Waals surface area (Å²) >= 11 is 0. The number of carbonyl (C=O) groups is 2. The first-order chi connectivity index (χ1) is 10.1. The largest absolute Gasteiger partial charge is 0.480 e. The molecular weight excluding hydrogens is 274 g/mol. The zero-order chi connectivity index (χ0) is 15.1. The topological polar surface area (TPSA) is 84.9 Å². The molecule has 1 aromatic carbocycles. The van der Waals surface area contributed by atoms with Crippen LogP contribution in [0.15, 0.2) is 30.3 Å². The van der Waals surface area contributed by atoms with Gasteiger partial charge in [-0.15, -0.1) is 0 Å². The Balaban J connectivity index is 1.73. The van der Waals surface area contributed by atoms with Gasteiger partial charge in [-0.05, 0) is 24.8 Å². The molecule has 21 heavy (non-hydrogen) atoms. The zero-order valence-electron chi connectivity index (χ0n) is 11.7. The van der Waals surface area contributed by atoms with Crippen molar-refractivity contribution < 1.29 is 24.2 Å². The van der Waals surface area contributed by atoms with Gasteiger partial charge in [-0.1, -0.05) is 30.3 Å². The summed E-state index contributed by atoms with van der Waals surface area (Å²) in [5.41, 5.74) is 0.838. The summed E-state index contributed by atoms with van der Waals surface area (Å²) < 4.78 is 10.4. The van der Waals surface area contributed by atoms with Crippen LogP contribution in [-0.4, -0.2) is 35.9 Å². The monoisotopic (exact) mass is 293 g/mol. The zero-order valence-corrected chi connectivity index (χ0v) is 11.7. The molecule has 1 atom stereocenters. The van der Waals surface area contributed by atoms with Crippen LogP contribution in [-0.2, 0) is 20.9 Å². The number of ether oxygens (including phenoxy) is 2. The lowest BCUT2D eigenvalue weighted by Gasteiger charge is -2.27. The highest BCUT2D eigenvalue weighted by Crippen LogP contribution is 2.21. The first-order valence-electron chi connectivity index (χ1n) is 6.97. The molecule has 0 heterocycles. The number of alkyl carbamates (subject to hydrolysis) is 1. The number of hydrogen-bond donors (Lipinski definition) is 2. The number of rotatable bonds is 7. The minimum absolute atomic E-state index is 0.0412. The molecular formula is C15H19NO5. The maximum atomic E-state index is 11.6. The second-order valence-electron chi connectivity index (χ2n) is 4.98. The van der Waals surface area contributed by atoms with Gasteiger partial charge in [0, 0.05) is 0 Å². The van der Waals surface area contributed by atoms with Crippen molar-refractivity contribution in [1.29, 1.82) is 0 Å². The van der Waals surface area contributed by atoms with E-state index in [1.807, 2.05) is 30.3 Å². The van der Waals surface area contributed by atoms with Crippen molar-refractivity contribution >= 4 is 12.1 Å². The highest BCUT2D eigenvalue weighted by atomic mass is 16.5. The fourth-order valence-electron chi connectivity index (χ4n) is 1.85. The van der Waals surface area contributed by atoms with Crippen LogP contribution in [0.5, 0.6) is 0 Å². The van der Waals surface area contributed by atoms with Crippen LogP contribution >= 0.6 is 0 Å². The molecule has 0 spiro atoms. The summed E-state index contributed by atoms with van der Waals surface area (Å²) in [4.78, 5) is 22.7. The lowest BCUT2D eigenvalue weighted by molar-refractivity contribution is -0.142. The second-order valence-corrected chi connectivity index (χ2v) is 4.98. The molecule has 1 aromatic rings. The van der Waals surface area contributed by atoms with E-state index in [9.17, 15) is 9.59 Å². The number of carbonyl (C=O) groups excluding carboxylic acids is 1. The maximum Gasteiger partial charge on any atom is 0.408 e. The molecule has 0 aromatic heterocycles. The summed E-state index contributed by atoms with van der Waals surface area (Å²) in [6.45, 7) is 0.0585. The summed E-state index contributed by atoms with van der Waals surface area (Å²) in [6.07, 6.45) is 2.36. The Hall–Kier alpha value is -2.08. The van der Waals surface area contributed by atoms with Gasteiger partial charge in [-0.2, -0.15) is 0 Å². The SMILES string of the molecule is O=C(NC(COC1CCC1)C(=O)O)OCc1ccccc1. The first-order valence-corrected chi connectivity index (χ1v) is 6.97. The molecule has 1 aliphatic carbocycles. The molecule has 114 valence electrons. The maximum absolute atomic E-state index is 11.6. The van der Waals surface area contributed by atoms with E-state index in [0.717, 1.165) is 24.8 Å². The molecule has 1 aliphatic rings. The van der Waals surface area contributed by atoms with Gasteiger partial charge >= 0.3 is 12.1 Å². The number of hydrogen-bond acceptors (Lipinski definition) is 4. The van der Waals surface area contributed by atoms with Crippen LogP contribution in [0.4, 0.5) is 4.79 Å². The molecule has 1 amide bonds. The molecule has 1 unspecified atom stereocenters. The van der Waals surface area contributed by atoms with E-state index in [-0.39, 0.29) is 19.3 Å². The van der Waals surface area contributed by atoms with Crippen molar-refractivity contribution in [3.63, 3.8) is 0 Å². The van der Waals surface area contributed by atoms with Gasteiger partial charge in [0.05, 0.1) is 12.7 Å². The van der Waals surface area contributed by atoms with E-state index < -0.39 is 18.1 Å². The molecule has 1 saturated carbocycles. The van der Waals surface area contributed by atoms with E-state index in [0.29, 0.717) is 0 Å². The molecule has 1 fully saturated rings. The van der Waals surface area contributed by atoms with Gasteiger partial charge in [-0.3, -0.25) is 0 Å². The number of benzene rings is 1. The minimum atomic E-state index is -1.13. The van der Waals surface area contributed by atoms with Crippen LogP contribution in [0.25, 0.3) is 0 Å². The normalized spacial score (nSPS) is 15.8. The Kier molecular flexibility index (Phi) is 5.57. The Bertz CT molecular complexity index is 472. The third-order valence-electron chi connectivity index (χ3n) is 3.35. The smallest absolute Gasteiger partial charge is 0.408 e. The third-order valence-corrected chi connectivity index (χ3v) is 3.35. The summed E-state index contributed by atoms with van der Waals surface area (Å²) in [7, 11) is 0. The highest BCUT2D eigenvalue weighted by Gasteiger charge is 2.25. The van der Waals surface area contributed by atoms with Crippen molar-refractivity contribution in [3.8, 4) is 0 Å². The van der Waals surface area contributed by atoms with Crippen molar-refractivity contribution in [3.05, 3.63) is 35.9 Å². The van der Waals surface area contributed by atoms with E-state index in [1.54, 1.807) is 0 Å². The molecule has 0 saturated heterocycles. The average molecular weight is 293 g/mol. The molecule has 6 nitrogen and oxygen atoms in total.